The van der Waals surface area contributed by atoms with E-state index in [1.54, 1.807) is 12.5 Å². The Morgan fingerprint density at radius 3 is 2.71 bits per heavy atom. The molecule has 1 atom stereocenters. The molecule has 4 heterocycles. The summed E-state index contributed by atoms with van der Waals surface area (Å²) >= 11 is 0. The van der Waals surface area contributed by atoms with E-state index in [1.807, 2.05) is 36.9 Å². The van der Waals surface area contributed by atoms with E-state index in [0.29, 0.717) is 5.92 Å². The standard InChI is InChI=1S/C28H29N5O2/c34-30-16-24-2-1-22-15-23(3-4-25(22)24)27-26(20-5-10-29-11-6-20)31-28(32-27)21-7-12-33(13-8-21)17-19-9-14-35-18-19/h3-6,9-11,14-16,18,21,24,34H,1-2,7-8,12-13,17H2,(H,31,32)/b30-16-. The number of likely N-dealkylation sites (tertiary alicyclic amines) is 1. The predicted octanol–water partition coefficient (Wildman–Crippen LogP) is 5.60. The Labute approximate surface area is 204 Å². The van der Waals surface area contributed by atoms with E-state index in [0.717, 1.165) is 73.7 Å². The minimum atomic E-state index is 0.186. The Hall–Kier alpha value is -3.71. The Morgan fingerprint density at radius 2 is 1.94 bits per heavy atom. The normalized spacial score (nSPS) is 18.9. The van der Waals surface area contributed by atoms with Crippen molar-refractivity contribution in [2.45, 2.75) is 44.1 Å². The molecule has 7 nitrogen and oxygen atoms in total. The lowest BCUT2D eigenvalue weighted by atomic mass is 9.96. The van der Waals surface area contributed by atoms with E-state index in [9.17, 15) is 0 Å². The van der Waals surface area contributed by atoms with Gasteiger partial charge in [-0.2, -0.15) is 0 Å². The summed E-state index contributed by atoms with van der Waals surface area (Å²) in [6, 6.07) is 12.7. The molecule has 178 valence electrons. The van der Waals surface area contributed by atoms with E-state index in [-0.39, 0.29) is 5.92 Å². The summed E-state index contributed by atoms with van der Waals surface area (Å²) in [6.45, 7) is 3.03. The average molecular weight is 468 g/mol. The number of nitrogens with one attached hydrogen (secondary N) is 1. The lowest BCUT2D eigenvalue weighted by Crippen LogP contribution is -2.32. The van der Waals surface area contributed by atoms with E-state index in [2.05, 4.69) is 38.2 Å². The third-order valence-corrected chi connectivity index (χ3v) is 7.44. The molecule has 1 aliphatic carbocycles. The minimum Gasteiger partial charge on any atom is -0.472 e. The second-order valence-corrected chi connectivity index (χ2v) is 9.59. The van der Waals surface area contributed by atoms with Crippen molar-refractivity contribution in [3.05, 3.63) is 83.8 Å². The molecule has 4 aromatic rings. The summed E-state index contributed by atoms with van der Waals surface area (Å²) in [7, 11) is 0. The molecule has 6 rings (SSSR count). The molecule has 2 aliphatic rings. The van der Waals surface area contributed by atoms with Gasteiger partial charge in [0.25, 0.3) is 0 Å². The van der Waals surface area contributed by atoms with Crippen LogP contribution in [0.5, 0.6) is 0 Å². The molecule has 0 amide bonds. The van der Waals surface area contributed by atoms with Crippen LogP contribution in [0.3, 0.4) is 0 Å². The van der Waals surface area contributed by atoms with Gasteiger partial charge in [-0.1, -0.05) is 12.1 Å². The predicted molar refractivity (Wildman–Crippen MR) is 135 cm³/mol. The fourth-order valence-electron chi connectivity index (χ4n) is 5.56. The number of hydrogen-bond acceptors (Lipinski definition) is 6. The number of piperidine rings is 1. The maximum absolute atomic E-state index is 9.00. The number of benzene rings is 1. The van der Waals surface area contributed by atoms with Crippen molar-refractivity contribution in [2.75, 3.05) is 13.1 Å². The van der Waals surface area contributed by atoms with Crippen molar-refractivity contribution in [1.29, 1.82) is 0 Å². The number of hydrogen-bond donors (Lipinski definition) is 2. The molecule has 35 heavy (non-hydrogen) atoms. The van der Waals surface area contributed by atoms with E-state index < -0.39 is 0 Å². The van der Waals surface area contributed by atoms with Crippen LogP contribution in [0.25, 0.3) is 22.5 Å². The monoisotopic (exact) mass is 467 g/mol. The van der Waals surface area contributed by atoms with Gasteiger partial charge in [-0.05, 0) is 74.2 Å². The fraction of sp³-hybridized carbons (Fsp3) is 0.321. The molecule has 1 saturated heterocycles. The minimum absolute atomic E-state index is 0.186. The van der Waals surface area contributed by atoms with Gasteiger partial charge in [-0.25, -0.2) is 4.98 Å². The molecule has 0 saturated carbocycles. The fourth-order valence-corrected chi connectivity index (χ4v) is 5.56. The van der Waals surface area contributed by atoms with Crippen molar-refractivity contribution in [2.24, 2.45) is 5.16 Å². The van der Waals surface area contributed by atoms with Gasteiger partial charge in [-0.15, -0.1) is 5.16 Å². The number of aromatic amines is 1. The second kappa shape index (κ2) is 9.50. The number of H-pyrrole nitrogens is 1. The lowest BCUT2D eigenvalue weighted by molar-refractivity contribution is 0.201. The molecule has 1 unspecified atom stereocenters. The summed E-state index contributed by atoms with van der Waals surface area (Å²) in [5.74, 6) is 1.66. The first-order valence-corrected chi connectivity index (χ1v) is 12.3. The Kier molecular flexibility index (Phi) is 5.92. The van der Waals surface area contributed by atoms with Gasteiger partial charge in [0.05, 0.1) is 30.1 Å². The first kappa shape index (κ1) is 21.8. The Morgan fingerprint density at radius 1 is 1.09 bits per heavy atom. The van der Waals surface area contributed by atoms with Crippen molar-refractivity contribution < 1.29 is 9.62 Å². The smallest absolute Gasteiger partial charge is 0.110 e. The molecule has 1 aromatic carbocycles. The molecule has 0 radical (unpaired) electrons. The van der Waals surface area contributed by atoms with Crippen LogP contribution >= 0.6 is 0 Å². The summed E-state index contributed by atoms with van der Waals surface area (Å²) in [4.78, 5) is 15.6. The summed E-state index contributed by atoms with van der Waals surface area (Å²) in [5, 5.41) is 12.3. The number of pyridine rings is 1. The molecule has 1 fully saturated rings. The summed E-state index contributed by atoms with van der Waals surface area (Å²) in [6.07, 6.45) is 13.0. The maximum Gasteiger partial charge on any atom is 0.110 e. The van der Waals surface area contributed by atoms with Gasteiger partial charge in [-0.3, -0.25) is 9.88 Å². The largest absolute Gasteiger partial charge is 0.472 e. The highest BCUT2D eigenvalue weighted by Gasteiger charge is 2.27. The zero-order chi connectivity index (χ0) is 23.6. The van der Waals surface area contributed by atoms with Crippen molar-refractivity contribution >= 4 is 6.21 Å². The first-order chi connectivity index (χ1) is 17.3. The van der Waals surface area contributed by atoms with Crippen molar-refractivity contribution in [3.63, 3.8) is 0 Å². The number of furan rings is 1. The molecule has 0 bridgehead atoms. The van der Waals surface area contributed by atoms with Crippen LogP contribution in [0.2, 0.25) is 0 Å². The third kappa shape index (κ3) is 4.39. The molecule has 1 aliphatic heterocycles. The summed E-state index contributed by atoms with van der Waals surface area (Å²) < 4.78 is 5.23. The number of aryl methyl sites for hydroxylation is 1. The first-order valence-electron chi connectivity index (χ1n) is 12.3. The highest BCUT2D eigenvalue weighted by molar-refractivity contribution is 5.80. The molecule has 2 N–H and O–H groups in total. The van der Waals surface area contributed by atoms with Gasteiger partial charge in [0.2, 0.25) is 0 Å². The van der Waals surface area contributed by atoms with Crippen LogP contribution < -0.4 is 0 Å². The maximum atomic E-state index is 9.00. The van der Waals surface area contributed by atoms with Crippen LogP contribution in [0.1, 0.15) is 53.6 Å². The number of imidazole rings is 1. The highest BCUT2D eigenvalue weighted by Crippen LogP contribution is 2.38. The molecular formula is C28H29N5O2. The number of oxime groups is 1. The molecule has 7 heteroatoms. The molecular weight excluding hydrogens is 438 g/mol. The highest BCUT2D eigenvalue weighted by atomic mass is 16.4. The van der Waals surface area contributed by atoms with Crippen molar-refractivity contribution in [1.82, 2.24) is 19.9 Å². The molecule has 0 spiro atoms. The van der Waals surface area contributed by atoms with Gasteiger partial charge < -0.3 is 14.6 Å². The number of nitrogens with zero attached hydrogens (tertiary/aromatic N) is 4. The second-order valence-electron chi connectivity index (χ2n) is 9.59. The van der Waals surface area contributed by atoms with Crippen LogP contribution in [-0.2, 0) is 13.0 Å². The number of rotatable bonds is 6. The van der Waals surface area contributed by atoms with E-state index in [1.165, 1.54) is 16.7 Å². The average Bonchev–Trinajstić information content (AvgIpc) is 3.66. The Bertz CT molecular complexity index is 1300. The van der Waals surface area contributed by atoms with E-state index in [4.69, 9.17) is 14.6 Å². The quantitative estimate of drug-likeness (QED) is 0.219. The number of fused-ring (bicyclic) bond motifs is 1. The zero-order valence-corrected chi connectivity index (χ0v) is 19.6. The Balaban J connectivity index is 1.29. The molecule has 3 aromatic heterocycles. The van der Waals surface area contributed by atoms with Crippen molar-refractivity contribution in [3.8, 4) is 22.5 Å². The topological polar surface area (TPSA) is 90.5 Å². The number of aromatic nitrogens is 3. The van der Waals surface area contributed by atoms with Crippen LogP contribution in [0.15, 0.2) is 70.9 Å². The van der Waals surface area contributed by atoms with Crippen LogP contribution in [0.4, 0.5) is 0 Å². The van der Waals surface area contributed by atoms with E-state index >= 15 is 0 Å². The van der Waals surface area contributed by atoms with Gasteiger partial charge in [0, 0.05) is 47.5 Å². The third-order valence-electron chi connectivity index (χ3n) is 7.44. The van der Waals surface area contributed by atoms with Gasteiger partial charge in [0.1, 0.15) is 5.82 Å². The summed E-state index contributed by atoms with van der Waals surface area (Å²) in [5.41, 5.74) is 8.05. The van der Waals surface area contributed by atoms with Crippen LogP contribution in [-0.4, -0.2) is 44.4 Å². The zero-order valence-electron chi connectivity index (χ0n) is 19.6. The SMILES string of the molecule is O/N=C\C1CCc2cc(-c3nc(C4CCN(Cc5ccoc5)CC4)[nH]c3-c3ccncc3)ccc21. The van der Waals surface area contributed by atoms with Gasteiger partial charge >= 0.3 is 0 Å². The van der Waals surface area contributed by atoms with Gasteiger partial charge in [0.15, 0.2) is 0 Å². The van der Waals surface area contributed by atoms with Crippen LogP contribution in [0, 0.1) is 0 Å². The lowest BCUT2D eigenvalue weighted by Gasteiger charge is -2.30.